The Morgan fingerprint density at radius 3 is 2.52 bits per heavy atom. The van der Waals surface area contributed by atoms with E-state index in [1.54, 1.807) is 0 Å². The lowest BCUT2D eigenvalue weighted by Gasteiger charge is -2.26. The topological polar surface area (TPSA) is 75.3 Å². The van der Waals surface area contributed by atoms with Gasteiger partial charge in [-0.1, -0.05) is 62.4 Å². The molecule has 0 bridgehead atoms. The highest BCUT2D eigenvalue weighted by Crippen LogP contribution is 2.27. The van der Waals surface area contributed by atoms with Gasteiger partial charge in [-0.25, -0.2) is 0 Å². The van der Waals surface area contributed by atoms with E-state index >= 15 is 0 Å². The minimum absolute atomic E-state index is 0. The first-order valence-corrected chi connectivity index (χ1v) is 8.42. The zero-order valence-corrected chi connectivity index (χ0v) is 14.4. The number of hydrogen-bond donors (Lipinski definition) is 3. The monoisotopic (exact) mass is 340 g/mol. The minimum Gasteiger partial charge on any atom is -0.382 e. The van der Waals surface area contributed by atoms with Crippen LogP contribution in [0.5, 0.6) is 0 Å². The number of benzene rings is 1. The molecule has 130 valence electrons. The van der Waals surface area contributed by atoms with Crippen LogP contribution in [0.2, 0.25) is 0 Å². The fraction of sp³-hybridized carbons (Fsp3) is 0.611. The van der Waals surface area contributed by atoms with E-state index < -0.39 is 12.1 Å². The van der Waals surface area contributed by atoms with Gasteiger partial charge in [0.1, 0.15) is 6.10 Å². The average molecular weight is 341 g/mol. The molecule has 0 spiro atoms. The summed E-state index contributed by atoms with van der Waals surface area (Å²) in [7, 11) is 0. The van der Waals surface area contributed by atoms with E-state index in [1.807, 2.05) is 30.3 Å². The molecule has 2 rings (SSSR count). The molecule has 1 aliphatic carbocycles. The molecule has 1 aromatic rings. The molecule has 2 atom stereocenters. The highest BCUT2D eigenvalue weighted by atomic mass is 35.5. The van der Waals surface area contributed by atoms with Crippen molar-refractivity contribution in [3.05, 3.63) is 35.9 Å². The molecule has 4 N–H and O–H groups in total. The molecule has 0 aromatic heterocycles. The number of aliphatic hydroxyl groups excluding tert-OH is 1. The van der Waals surface area contributed by atoms with Crippen molar-refractivity contribution in [3.8, 4) is 0 Å². The van der Waals surface area contributed by atoms with E-state index in [2.05, 4.69) is 5.32 Å². The van der Waals surface area contributed by atoms with E-state index in [-0.39, 0.29) is 18.3 Å². The molecule has 1 aromatic carbocycles. The van der Waals surface area contributed by atoms with Gasteiger partial charge in [0.2, 0.25) is 5.91 Å². The Kier molecular flexibility index (Phi) is 9.22. The third kappa shape index (κ3) is 6.90. The summed E-state index contributed by atoms with van der Waals surface area (Å²) < 4.78 is 0. The molecule has 1 saturated carbocycles. The Balaban J connectivity index is 0.00000264. The van der Waals surface area contributed by atoms with Crippen molar-refractivity contribution in [1.82, 2.24) is 5.32 Å². The Bertz CT molecular complexity index is 450. The van der Waals surface area contributed by atoms with Crippen LogP contribution >= 0.6 is 12.4 Å². The van der Waals surface area contributed by atoms with Gasteiger partial charge in [-0.3, -0.25) is 4.79 Å². The molecule has 1 aliphatic rings. The summed E-state index contributed by atoms with van der Waals surface area (Å²) in [4.78, 5) is 12.0. The number of nitrogens with two attached hydrogens (primary N) is 1. The molecule has 0 heterocycles. The number of amides is 1. The summed E-state index contributed by atoms with van der Waals surface area (Å²) in [6.45, 7) is 0.524. The Morgan fingerprint density at radius 1 is 1.22 bits per heavy atom. The van der Waals surface area contributed by atoms with Crippen LogP contribution in [-0.2, 0) is 11.2 Å². The van der Waals surface area contributed by atoms with Gasteiger partial charge in [-0.2, -0.15) is 0 Å². The first kappa shape index (κ1) is 19.9. The number of hydrogen-bond acceptors (Lipinski definition) is 3. The fourth-order valence-electron chi connectivity index (χ4n) is 3.21. The number of carbonyl (C=O) groups is 1. The second-order valence-electron chi connectivity index (χ2n) is 6.38. The van der Waals surface area contributed by atoms with Gasteiger partial charge < -0.3 is 16.2 Å². The Hall–Kier alpha value is -1.10. The van der Waals surface area contributed by atoms with Crippen molar-refractivity contribution in [1.29, 1.82) is 0 Å². The Morgan fingerprint density at radius 2 is 1.87 bits per heavy atom. The van der Waals surface area contributed by atoms with Gasteiger partial charge in [-0.05, 0) is 24.3 Å². The third-order valence-electron chi connectivity index (χ3n) is 4.56. The van der Waals surface area contributed by atoms with Crippen LogP contribution in [0.15, 0.2) is 30.3 Å². The largest absolute Gasteiger partial charge is 0.382 e. The van der Waals surface area contributed by atoms with Crippen molar-refractivity contribution in [3.63, 3.8) is 0 Å². The summed E-state index contributed by atoms with van der Waals surface area (Å²) in [5, 5.41) is 12.9. The van der Waals surface area contributed by atoms with E-state index in [4.69, 9.17) is 5.73 Å². The summed E-state index contributed by atoms with van der Waals surface area (Å²) in [6.07, 6.45) is 6.55. The normalized spacial score (nSPS) is 17.8. The van der Waals surface area contributed by atoms with Gasteiger partial charge in [-0.15, -0.1) is 12.4 Å². The molecule has 0 saturated heterocycles. The lowest BCUT2D eigenvalue weighted by molar-refractivity contribution is -0.130. The summed E-state index contributed by atoms with van der Waals surface area (Å²) in [5.41, 5.74) is 7.19. The zero-order valence-electron chi connectivity index (χ0n) is 13.6. The number of aliphatic hydroxyl groups is 1. The quantitative estimate of drug-likeness (QED) is 0.713. The van der Waals surface area contributed by atoms with Gasteiger partial charge in [0.25, 0.3) is 0 Å². The maximum absolute atomic E-state index is 12.0. The lowest BCUT2D eigenvalue weighted by Crippen LogP contribution is -2.47. The van der Waals surface area contributed by atoms with Gasteiger partial charge in [0, 0.05) is 12.6 Å². The zero-order chi connectivity index (χ0) is 15.8. The standard InChI is InChI=1S/C18H28N2O2.ClH/c19-16(13-15-9-5-2-6-10-15)17(21)18(22)20-12-11-14-7-3-1-4-8-14;/h1,3-4,7-8,15-17,21H,2,5-6,9-13,19H2,(H,20,22);1H/t16-,17?;/m1./s1. The average Bonchev–Trinajstić information content (AvgIpc) is 2.56. The highest BCUT2D eigenvalue weighted by Gasteiger charge is 2.26. The molecule has 1 fully saturated rings. The van der Waals surface area contributed by atoms with Crippen LogP contribution in [0.25, 0.3) is 0 Å². The number of carbonyl (C=O) groups excluding carboxylic acids is 1. The molecule has 0 aliphatic heterocycles. The van der Waals surface area contributed by atoms with Crippen LogP contribution in [0, 0.1) is 5.92 Å². The predicted molar refractivity (Wildman–Crippen MR) is 95.6 cm³/mol. The van der Waals surface area contributed by atoms with Crippen LogP contribution in [0.3, 0.4) is 0 Å². The second-order valence-corrected chi connectivity index (χ2v) is 6.38. The lowest BCUT2D eigenvalue weighted by atomic mass is 9.84. The van der Waals surface area contributed by atoms with E-state index in [0.29, 0.717) is 12.5 Å². The van der Waals surface area contributed by atoms with Gasteiger partial charge in [0.15, 0.2) is 0 Å². The third-order valence-corrected chi connectivity index (χ3v) is 4.56. The van der Waals surface area contributed by atoms with E-state index in [0.717, 1.165) is 12.8 Å². The van der Waals surface area contributed by atoms with Crippen molar-refractivity contribution in [2.75, 3.05) is 6.54 Å². The SMILES string of the molecule is Cl.N[C@H](CC1CCCCC1)C(O)C(=O)NCCc1ccccc1. The first-order chi connectivity index (χ1) is 10.7. The highest BCUT2D eigenvalue weighted by molar-refractivity contribution is 5.85. The smallest absolute Gasteiger partial charge is 0.250 e. The second kappa shape index (κ2) is 10.6. The molecule has 5 heteroatoms. The van der Waals surface area contributed by atoms with Crippen LogP contribution < -0.4 is 11.1 Å². The first-order valence-electron chi connectivity index (χ1n) is 8.42. The minimum atomic E-state index is -1.10. The molecule has 0 radical (unpaired) electrons. The summed E-state index contributed by atoms with van der Waals surface area (Å²) in [6, 6.07) is 9.52. The molecule has 1 unspecified atom stereocenters. The molecule has 4 nitrogen and oxygen atoms in total. The maximum atomic E-state index is 12.0. The van der Waals surface area contributed by atoms with Crippen LogP contribution in [0.4, 0.5) is 0 Å². The molecular weight excluding hydrogens is 312 g/mol. The van der Waals surface area contributed by atoms with Gasteiger partial charge >= 0.3 is 0 Å². The summed E-state index contributed by atoms with van der Waals surface area (Å²) in [5.74, 6) is 0.217. The molecular formula is C18H29ClN2O2. The van der Waals surface area contributed by atoms with E-state index in [1.165, 1.54) is 37.7 Å². The summed E-state index contributed by atoms with van der Waals surface area (Å²) >= 11 is 0. The van der Waals surface area contributed by atoms with E-state index in [9.17, 15) is 9.90 Å². The van der Waals surface area contributed by atoms with Crippen LogP contribution in [0.1, 0.15) is 44.1 Å². The molecule has 1 amide bonds. The maximum Gasteiger partial charge on any atom is 0.250 e. The van der Waals surface area contributed by atoms with Crippen molar-refractivity contribution in [2.45, 2.75) is 57.1 Å². The number of rotatable bonds is 7. The molecule has 23 heavy (non-hydrogen) atoms. The van der Waals surface area contributed by atoms with Crippen LogP contribution in [-0.4, -0.2) is 29.7 Å². The van der Waals surface area contributed by atoms with Crippen molar-refractivity contribution >= 4 is 18.3 Å². The Labute approximate surface area is 145 Å². The van der Waals surface area contributed by atoms with Crippen molar-refractivity contribution < 1.29 is 9.90 Å². The fourth-order valence-corrected chi connectivity index (χ4v) is 3.21. The van der Waals surface area contributed by atoms with Gasteiger partial charge in [0.05, 0.1) is 0 Å². The number of halogens is 1. The van der Waals surface area contributed by atoms with Crippen molar-refractivity contribution in [2.24, 2.45) is 11.7 Å². The predicted octanol–water partition coefficient (Wildman–Crippen LogP) is 2.43. The number of nitrogens with one attached hydrogen (secondary N) is 1.